The number of fused-ring (bicyclic) bond motifs is 1. The summed E-state index contributed by atoms with van der Waals surface area (Å²) in [5.41, 5.74) is 1.91. The van der Waals surface area contributed by atoms with Crippen LogP contribution in [0.5, 0.6) is 5.75 Å². The molecule has 26 heavy (non-hydrogen) atoms. The van der Waals surface area contributed by atoms with Gasteiger partial charge >= 0.3 is 0 Å². The van der Waals surface area contributed by atoms with Crippen molar-refractivity contribution < 1.29 is 17.9 Å². The topological polar surface area (TPSA) is 75.7 Å². The molecule has 0 spiro atoms. The molecule has 1 aliphatic rings. The number of methoxy groups -OCH3 is 1. The van der Waals surface area contributed by atoms with E-state index >= 15 is 0 Å². The van der Waals surface area contributed by atoms with Crippen LogP contribution >= 0.6 is 11.6 Å². The smallest absolute Gasteiger partial charge is 0.244 e. The summed E-state index contributed by atoms with van der Waals surface area (Å²) in [7, 11) is -2.45. The van der Waals surface area contributed by atoms with Gasteiger partial charge in [-0.15, -0.1) is 0 Å². The summed E-state index contributed by atoms with van der Waals surface area (Å²) in [6, 6.07) is 10.9. The van der Waals surface area contributed by atoms with Crippen LogP contribution in [-0.4, -0.2) is 34.0 Å². The minimum absolute atomic E-state index is 0.0234. The van der Waals surface area contributed by atoms with Gasteiger partial charge in [-0.1, -0.05) is 29.8 Å². The number of anilines is 1. The van der Waals surface area contributed by atoms with Crippen LogP contribution in [0, 0.1) is 0 Å². The van der Waals surface area contributed by atoms with Gasteiger partial charge in [-0.3, -0.25) is 4.79 Å². The lowest BCUT2D eigenvalue weighted by molar-refractivity contribution is -0.119. The average molecular weight is 395 g/mol. The molecule has 1 atom stereocenters. The average Bonchev–Trinajstić information content (AvgIpc) is 3.04. The molecular formula is C18H19ClN2O4S. The first-order chi connectivity index (χ1) is 12.3. The second-order valence-electron chi connectivity index (χ2n) is 6.01. The number of para-hydroxylation sites is 1. The summed E-state index contributed by atoms with van der Waals surface area (Å²) in [5.74, 6) is 0.0848. The third-order valence-corrected chi connectivity index (χ3v) is 6.12. The van der Waals surface area contributed by atoms with E-state index in [1.807, 2.05) is 24.3 Å². The second kappa shape index (κ2) is 7.26. The number of sulfonamides is 1. The Hall–Kier alpha value is -2.09. The lowest BCUT2D eigenvalue weighted by Crippen LogP contribution is -2.46. The van der Waals surface area contributed by atoms with Crippen LogP contribution < -0.4 is 14.4 Å². The number of nitrogens with zero attached hydrogens (tertiary/aromatic N) is 1. The summed E-state index contributed by atoms with van der Waals surface area (Å²) in [4.78, 5) is 14.3. The Morgan fingerprint density at radius 1 is 1.27 bits per heavy atom. The van der Waals surface area contributed by atoms with Crippen LogP contribution in [0.25, 0.3) is 0 Å². The van der Waals surface area contributed by atoms with Crippen LogP contribution in [0.1, 0.15) is 12.5 Å². The van der Waals surface area contributed by atoms with Gasteiger partial charge in [0.1, 0.15) is 5.75 Å². The first-order valence-electron chi connectivity index (χ1n) is 8.08. The lowest BCUT2D eigenvalue weighted by Gasteiger charge is -2.22. The maximum atomic E-state index is 12.7. The number of carbonyl (C=O) groups excluding carboxylic acids is 1. The van der Waals surface area contributed by atoms with Crippen molar-refractivity contribution >= 4 is 33.2 Å². The molecule has 0 fully saturated rings. The summed E-state index contributed by atoms with van der Waals surface area (Å²) >= 11 is 6.00. The maximum absolute atomic E-state index is 12.7. The first-order valence-corrected chi connectivity index (χ1v) is 9.95. The molecule has 0 bridgehead atoms. The molecule has 0 aliphatic carbocycles. The SMILES string of the molecule is COc1ccc(S(=O)(=O)N[C@@H](C)C(=O)N2CCc3ccccc32)cc1Cl. The third-order valence-electron chi connectivity index (χ3n) is 4.29. The molecule has 2 aromatic carbocycles. The molecule has 6 nitrogen and oxygen atoms in total. The predicted molar refractivity (Wildman–Crippen MR) is 100 cm³/mol. The Morgan fingerprint density at radius 3 is 2.69 bits per heavy atom. The van der Waals surface area contributed by atoms with Crippen molar-refractivity contribution in [3.05, 3.63) is 53.1 Å². The van der Waals surface area contributed by atoms with E-state index in [9.17, 15) is 13.2 Å². The van der Waals surface area contributed by atoms with Crippen LogP contribution in [-0.2, 0) is 21.2 Å². The molecule has 0 radical (unpaired) electrons. The minimum Gasteiger partial charge on any atom is -0.495 e. The highest BCUT2D eigenvalue weighted by atomic mass is 35.5. The van der Waals surface area contributed by atoms with E-state index < -0.39 is 16.1 Å². The van der Waals surface area contributed by atoms with Crippen molar-refractivity contribution in [3.63, 3.8) is 0 Å². The minimum atomic E-state index is -3.90. The van der Waals surface area contributed by atoms with Crippen molar-refractivity contribution in [2.24, 2.45) is 0 Å². The quantitative estimate of drug-likeness (QED) is 0.845. The predicted octanol–water partition coefficient (Wildman–Crippen LogP) is 2.60. The number of halogens is 1. The molecular weight excluding hydrogens is 376 g/mol. The van der Waals surface area contributed by atoms with Gasteiger partial charge in [0.25, 0.3) is 0 Å². The monoisotopic (exact) mass is 394 g/mol. The van der Waals surface area contributed by atoms with E-state index in [1.54, 1.807) is 4.90 Å². The Balaban J connectivity index is 1.78. The van der Waals surface area contributed by atoms with E-state index in [0.29, 0.717) is 12.3 Å². The van der Waals surface area contributed by atoms with Gasteiger partial charge < -0.3 is 9.64 Å². The lowest BCUT2D eigenvalue weighted by atomic mass is 10.2. The van der Waals surface area contributed by atoms with Gasteiger partial charge in [-0.05, 0) is 43.2 Å². The normalized spacial score (nSPS) is 14.8. The molecule has 2 aromatic rings. The Morgan fingerprint density at radius 2 is 2.00 bits per heavy atom. The van der Waals surface area contributed by atoms with Crippen LogP contribution in [0.3, 0.4) is 0 Å². The Kier molecular flexibility index (Phi) is 5.22. The highest BCUT2D eigenvalue weighted by Gasteiger charge is 2.30. The van der Waals surface area contributed by atoms with E-state index in [-0.39, 0.29) is 15.8 Å². The molecule has 0 saturated carbocycles. The highest BCUT2D eigenvalue weighted by Crippen LogP contribution is 2.29. The Labute approximate surface area is 157 Å². The fourth-order valence-electron chi connectivity index (χ4n) is 2.97. The molecule has 0 saturated heterocycles. The van der Waals surface area contributed by atoms with Crippen molar-refractivity contribution in [2.75, 3.05) is 18.6 Å². The third kappa shape index (κ3) is 3.56. The van der Waals surface area contributed by atoms with Crippen LogP contribution in [0.4, 0.5) is 5.69 Å². The Bertz CT molecular complexity index is 946. The fraction of sp³-hybridized carbons (Fsp3) is 0.278. The number of hydrogen-bond donors (Lipinski definition) is 1. The van der Waals surface area contributed by atoms with E-state index in [1.165, 1.54) is 32.2 Å². The molecule has 3 rings (SSSR count). The van der Waals surface area contributed by atoms with Crippen LogP contribution in [0.15, 0.2) is 47.4 Å². The summed E-state index contributed by atoms with van der Waals surface area (Å²) in [6.07, 6.45) is 0.759. The van der Waals surface area contributed by atoms with Gasteiger partial charge in [0.2, 0.25) is 15.9 Å². The van der Waals surface area contributed by atoms with E-state index in [2.05, 4.69) is 4.72 Å². The molecule has 0 unspecified atom stereocenters. The van der Waals surface area contributed by atoms with Gasteiger partial charge in [0.05, 0.1) is 23.1 Å². The molecule has 0 aromatic heterocycles. The molecule has 1 amide bonds. The second-order valence-corrected chi connectivity index (χ2v) is 8.13. The molecule has 1 heterocycles. The van der Waals surface area contributed by atoms with Crippen molar-refractivity contribution in [2.45, 2.75) is 24.3 Å². The van der Waals surface area contributed by atoms with Gasteiger partial charge in [-0.2, -0.15) is 4.72 Å². The van der Waals surface area contributed by atoms with Gasteiger partial charge in [-0.25, -0.2) is 8.42 Å². The highest BCUT2D eigenvalue weighted by molar-refractivity contribution is 7.89. The fourth-order valence-corrected chi connectivity index (χ4v) is 4.51. The summed E-state index contributed by atoms with van der Waals surface area (Å²) < 4.78 is 32.6. The zero-order chi connectivity index (χ0) is 18.9. The number of carbonyl (C=O) groups is 1. The van der Waals surface area contributed by atoms with Crippen LogP contribution in [0.2, 0.25) is 5.02 Å². The number of rotatable bonds is 5. The molecule has 1 aliphatic heterocycles. The summed E-state index contributed by atoms with van der Waals surface area (Å²) in [6.45, 7) is 2.07. The molecule has 1 N–H and O–H groups in total. The molecule has 138 valence electrons. The standard InChI is InChI=1S/C18H19ClN2O4S/c1-12(18(22)21-10-9-13-5-3-4-6-16(13)21)20-26(23,24)14-7-8-17(25-2)15(19)11-14/h3-8,11-12,20H,9-10H2,1-2H3/t12-/m0/s1. The van der Waals surface area contributed by atoms with Gasteiger partial charge in [0.15, 0.2) is 0 Å². The largest absolute Gasteiger partial charge is 0.495 e. The number of hydrogen-bond acceptors (Lipinski definition) is 4. The number of nitrogens with one attached hydrogen (secondary N) is 1. The number of benzene rings is 2. The van der Waals surface area contributed by atoms with E-state index in [0.717, 1.165) is 17.7 Å². The molecule has 8 heteroatoms. The zero-order valence-electron chi connectivity index (χ0n) is 14.4. The summed E-state index contributed by atoms with van der Waals surface area (Å²) in [5, 5.41) is 0.183. The number of amides is 1. The first kappa shape index (κ1) is 18.7. The van der Waals surface area contributed by atoms with Crippen molar-refractivity contribution in [1.29, 1.82) is 0 Å². The van der Waals surface area contributed by atoms with Crippen molar-refractivity contribution in [1.82, 2.24) is 4.72 Å². The maximum Gasteiger partial charge on any atom is 0.244 e. The van der Waals surface area contributed by atoms with Gasteiger partial charge in [0, 0.05) is 12.2 Å². The van der Waals surface area contributed by atoms with Crippen molar-refractivity contribution in [3.8, 4) is 5.75 Å². The zero-order valence-corrected chi connectivity index (χ0v) is 16.0. The number of ether oxygens (including phenoxy) is 1. The van der Waals surface area contributed by atoms with E-state index in [4.69, 9.17) is 16.3 Å².